The largest absolute Gasteiger partial charge is 0.377 e. The summed E-state index contributed by atoms with van der Waals surface area (Å²) < 4.78 is 32.5. The van der Waals surface area contributed by atoms with Crippen LogP contribution >= 0.6 is 0 Å². The predicted molar refractivity (Wildman–Crippen MR) is 71.4 cm³/mol. The molecule has 1 aromatic rings. The molecule has 0 spiro atoms. The molecule has 0 bridgehead atoms. The summed E-state index contributed by atoms with van der Waals surface area (Å²) in [6, 6.07) is 3.89. The molecule has 1 aromatic carbocycles. The summed E-state index contributed by atoms with van der Waals surface area (Å²) in [6.07, 6.45) is 0.126. The molecule has 1 rings (SSSR count). The molecule has 2 unspecified atom stereocenters. The molecule has 0 radical (unpaired) electrons. The van der Waals surface area contributed by atoms with E-state index in [-0.39, 0.29) is 24.5 Å². The summed E-state index contributed by atoms with van der Waals surface area (Å²) in [4.78, 5) is 0. The van der Waals surface area contributed by atoms with Crippen molar-refractivity contribution >= 4 is 0 Å². The lowest BCUT2D eigenvalue weighted by atomic mass is 9.94. The average Bonchev–Trinajstić information content (AvgIpc) is 2.38. The third kappa shape index (κ3) is 4.23. The first-order chi connectivity index (χ1) is 9.01. The van der Waals surface area contributed by atoms with Crippen molar-refractivity contribution < 1.29 is 13.5 Å². The van der Waals surface area contributed by atoms with Crippen molar-refractivity contribution in [2.24, 2.45) is 11.8 Å². The maximum absolute atomic E-state index is 13.7. The van der Waals surface area contributed by atoms with E-state index in [0.29, 0.717) is 12.2 Å². The number of halogens is 2. The van der Waals surface area contributed by atoms with Crippen molar-refractivity contribution in [2.75, 3.05) is 6.61 Å². The minimum atomic E-state index is -0.842. The van der Waals surface area contributed by atoms with Gasteiger partial charge in [-0.15, -0.1) is 0 Å². The first kappa shape index (κ1) is 16.0. The van der Waals surface area contributed by atoms with E-state index in [4.69, 9.17) is 10.6 Å². The van der Waals surface area contributed by atoms with Crippen LogP contribution in [0.2, 0.25) is 0 Å². The second-order valence-corrected chi connectivity index (χ2v) is 4.85. The molecule has 3 N–H and O–H groups in total. The van der Waals surface area contributed by atoms with Gasteiger partial charge in [0, 0.05) is 6.61 Å². The molecule has 0 aliphatic rings. The highest BCUT2D eigenvalue weighted by Crippen LogP contribution is 2.18. The van der Waals surface area contributed by atoms with Crippen LogP contribution in [0, 0.1) is 17.6 Å². The predicted octanol–water partition coefficient (Wildman–Crippen LogP) is 2.40. The molecule has 0 aliphatic heterocycles. The fourth-order valence-electron chi connectivity index (χ4n) is 2.18. The van der Waals surface area contributed by atoms with Crippen molar-refractivity contribution in [3.63, 3.8) is 0 Å². The topological polar surface area (TPSA) is 47.3 Å². The van der Waals surface area contributed by atoms with Crippen molar-refractivity contribution in [3.8, 4) is 0 Å². The van der Waals surface area contributed by atoms with Gasteiger partial charge < -0.3 is 4.74 Å². The van der Waals surface area contributed by atoms with Crippen LogP contribution in [0.4, 0.5) is 8.78 Å². The monoisotopic (exact) mass is 272 g/mol. The van der Waals surface area contributed by atoms with E-state index < -0.39 is 11.6 Å². The minimum Gasteiger partial charge on any atom is -0.377 e. The van der Waals surface area contributed by atoms with Gasteiger partial charge in [0.25, 0.3) is 0 Å². The maximum Gasteiger partial charge on any atom is 0.162 e. The number of hydrazine groups is 1. The van der Waals surface area contributed by atoms with Crippen LogP contribution in [0.3, 0.4) is 0 Å². The van der Waals surface area contributed by atoms with Crippen molar-refractivity contribution in [1.82, 2.24) is 5.43 Å². The van der Waals surface area contributed by atoms with Gasteiger partial charge in [-0.25, -0.2) is 8.78 Å². The maximum atomic E-state index is 13.7. The zero-order valence-corrected chi connectivity index (χ0v) is 11.6. The molecular weight excluding hydrogens is 250 g/mol. The molecule has 0 heterocycles. The number of rotatable bonds is 7. The van der Waals surface area contributed by atoms with Crippen LogP contribution < -0.4 is 11.3 Å². The van der Waals surface area contributed by atoms with Crippen LogP contribution in [-0.2, 0) is 11.2 Å². The van der Waals surface area contributed by atoms with Gasteiger partial charge in [-0.3, -0.25) is 11.3 Å². The molecule has 19 heavy (non-hydrogen) atoms. The minimum absolute atomic E-state index is 0.155. The highest BCUT2D eigenvalue weighted by Gasteiger charge is 2.25. The van der Waals surface area contributed by atoms with Crippen LogP contribution in [0.15, 0.2) is 18.2 Å². The molecule has 0 amide bonds. The zero-order valence-electron chi connectivity index (χ0n) is 11.6. The van der Waals surface area contributed by atoms with E-state index in [9.17, 15) is 8.78 Å². The standard InChI is InChI=1S/C14H22F2N2O/c1-4-19-14(9(2)3)12(18-17)8-10-6-5-7-11(15)13(10)16/h5-7,9,12,14,18H,4,8,17H2,1-3H3. The van der Waals surface area contributed by atoms with Gasteiger partial charge >= 0.3 is 0 Å². The van der Waals surface area contributed by atoms with E-state index in [1.807, 2.05) is 20.8 Å². The van der Waals surface area contributed by atoms with Crippen LogP contribution in [0.5, 0.6) is 0 Å². The summed E-state index contributed by atoms with van der Waals surface area (Å²) in [5, 5.41) is 0. The van der Waals surface area contributed by atoms with Gasteiger partial charge in [0.15, 0.2) is 11.6 Å². The molecule has 0 saturated carbocycles. The first-order valence-electron chi connectivity index (χ1n) is 6.51. The first-order valence-corrected chi connectivity index (χ1v) is 6.51. The number of nitrogens with one attached hydrogen (secondary N) is 1. The zero-order chi connectivity index (χ0) is 14.4. The Morgan fingerprint density at radius 1 is 1.32 bits per heavy atom. The van der Waals surface area contributed by atoms with E-state index in [2.05, 4.69) is 5.43 Å². The summed E-state index contributed by atoms with van der Waals surface area (Å²) in [7, 11) is 0. The fourth-order valence-corrected chi connectivity index (χ4v) is 2.18. The second-order valence-electron chi connectivity index (χ2n) is 4.85. The van der Waals surface area contributed by atoms with Crippen LogP contribution in [0.25, 0.3) is 0 Å². The highest BCUT2D eigenvalue weighted by molar-refractivity contribution is 5.20. The van der Waals surface area contributed by atoms with Gasteiger partial charge in [0.2, 0.25) is 0 Å². The smallest absolute Gasteiger partial charge is 0.162 e. The Hall–Kier alpha value is -1.04. The third-order valence-corrected chi connectivity index (χ3v) is 3.10. The molecule has 0 aromatic heterocycles. The third-order valence-electron chi connectivity index (χ3n) is 3.10. The Kier molecular flexibility index (Phi) is 6.34. The number of hydrogen-bond donors (Lipinski definition) is 2. The molecule has 2 atom stereocenters. The average molecular weight is 272 g/mol. The molecule has 0 saturated heterocycles. The Labute approximate surface area is 113 Å². The highest BCUT2D eigenvalue weighted by atomic mass is 19.2. The summed E-state index contributed by atoms with van der Waals surface area (Å²) >= 11 is 0. The van der Waals surface area contributed by atoms with Crippen LogP contribution in [-0.4, -0.2) is 18.8 Å². The molecular formula is C14H22F2N2O. The SMILES string of the molecule is CCOC(C(C)C)C(Cc1cccc(F)c1F)NN. The van der Waals surface area contributed by atoms with Gasteiger partial charge in [-0.05, 0) is 30.9 Å². The second kappa shape index (κ2) is 7.53. The van der Waals surface area contributed by atoms with Crippen molar-refractivity contribution in [3.05, 3.63) is 35.4 Å². The molecule has 0 aliphatic carbocycles. The van der Waals surface area contributed by atoms with Gasteiger partial charge in [-0.2, -0.15) is 0 Å². The normalized spacial score (nSPS) is 14.7. The van der Waals surface area contributed by atoms with Crippen molar-refractivity contribution in [2.45, 2.75) is 39.3 Å². The van der Waals surface area contributed by atoms with E-state index in [0.717, 1.165) is 6.07 Å². The number of ether oxygens (including phenoxy) is 1. The Bertz CT molecular complexity index is 399. The number of hydrogen-bond acceptors (Lipinski definition) is 3. The Morgan fingerprint density at radius 2 is 2.00 bits per heavy atom. The van der Waals surface area contributed by atoms with E-state index in [1.165, 1.54) is 6.07 Å². The quantitative estimate of drug-likeness (QED) is 0.592. The lowest BCUT2D eigenvalue weighted by Crippen LogP contribution is -2.49. The van der Waals surface area contributed by atoms with E-state index in [1.54, 1.807) is 6.07 Å². The summed E-state index contributed by atoms with van der Waals surface area (Å²) in [6.45, 7) is 6.46. The van der Waals surface area contributed by atoms with Crippen molar-refractivity contribution in [1.29, 1.82) is 0 Å². The van der Waals surface area contributed by atoms with Gasteiger partial charge in [0.1, 0.15) is 0 Å². The number of nitrogens with two attached hydrogens (primary N) is 1. The molecule has 0 fully saturated rings. The van der Waals surface area contributed by atoms with Gasteiger partial charge in [-0.1, -0.05) is 26.0 Å². The molecule has 5 heteroatoms. The van der Waals surface area contributed by atoms with Crippen LogP contribution in [0.1, 0.15) is 26.3 Å². The van der Waals surface area contributed by atoms with E-state index >= 15 is 0 Å². The summed E-state index contributed by atoms with van der Waals surface area (Å²) in [5.41, 5.74) is 2.95. The fraction of sp³-hybridized carbons (Fsp3) is 0.571. The Morgan fingerprint density at radius 3 is 2.53 bits per heavy atom. The lowest BCUT2D eigenvalue weighted by Gasteiger charge is -2.29. The lowest BCUT2D eigenvalue weighted by molar-refractivity contribution is 0.00336. The van der Waals surface area contributed by atoms with Gasteiger partial charge in [0.05, 0.1) is 12.1 Å². The molecule has 108 valence electrons. The molecule has 3 nitrogen and oxygen atoms in total. The number of benzene rings is 1. The Balaban J connectivity index is 2.88. The summed E-state index contributed by atoms with van der Waals surface area (Å²) in [5.74, 6) is 4.09.